The molecule has 0 radical (unpaired) electrons. The molecule has 0 aliphatic heterocycles. The number of fused-ring (bicyclic) bond motifs is 2. The van der Waals surface area contributed by atoms with E-state index in [1.165, 1.54) is 18.0 Å². The maximum atomic E-state index is 13.3. The van der Waals surface area contributed by atoms with Gasteiger partial charge in [0.05, 0.1) is 27.8 Å². The van der Waals surface area contributed by atoms with Crippen molar-refractivity contribution in [2.75, 3.05) is 7.11 Å². The predicted octanol–water partition coefficient (Wildman–Crippen LogP) is 5.01. The van der Waals surface area contributed by atoms with Crippen molar-refractivity contribution in [3.05, 3.63) is 86.2 Å². The number of furan rings is 1. The molecule has 0 atom stereocenters. The Morgan fingerprint density at radius 2 is 1.91 bits per heavy atom. The van der Waals surface area contributed by atoms with Crippen LogP contribution in [0.15, 0.2) is 81.0 Å². The zero-order valence-corrected chi connectivity index (χ0v) is 19.0. The van der Waals surface area contributed by atoms with E-state index in [1.807, 2.05) is 59.0 Å². The van der Waals surface area contributed by atoms with Crippen LogP contribution in [0.4, 0.5) is 0 Å². The van der Waals surface area contributed by atoms with Crippen molar-refractivity contribution in [1.82, 2.24) is 9.66 Å². The molecule has 2 aromatic heterocycles. The molecule has 8 heteroatoms. The van der Waals surface area contributed by atoms with E-state index in [1.54, 1.807) is 30.3 Å². The van der Waals surface area contributed by atoms with Gasteiger partial charge in [-0.3, -0.25) is 4.79 Å². The second-order valence-electron chi connectivity index (χ2n) is 7.02. The molecule has 2 heterocycles. The number of phenols is 1. The molecule has 0 saturated heterocycles. The lowest BCUT2D eigenvalue weighted by molar-refractivity contribution is 0.371. The van der Waals surface area contributed by atoms with Gasteiger partial charge >= 0.3 is 0 Å². The Labute approximate surface area is 195 Å². The highest BCUT2D eigenvalue weighted by Crippen LogP contribution is 2.32. The van der Waals surface area contributed by atoms with E-state index in [2.05, 4.69) is 10.1 Å². The highest BCUT2D eigenvalue weighted by Gasteiger charge is 2.16. The van der Waals surface area contributed by atoms with Crippen LogP contribution in [0.1, 0.15) is 5.56 Å². The number of rotatable bonds is 4. The lowest BCUT2D eigenvalue weighted by Crippen LogP contribution is -2.20. The number of hydrogen-bond donors (Lipinski definition) is 1. The maximum absolute atomic E-state index is 13.3. The summed E-state index contributed by atoms with van der Waals surface area (Å²) in [5, 5.41) is 15.9. The van der Waals surface area contributed by atoms with E-state index in [-0.39, 0.29) is 11.3 Å². The number of aromatic hydroxyl groups is 1. The van der Waals surface area contributed by atoms with Gasteiger partial charge in [-0.2, -0.15) is 9.78 Å². The van der Waals surface area contributed by atoms with Crippen LogP contribution in [0.3, 0.4) is 0 Å². The molecule has 5 rings (SSSR count). The summed E-state index contributed by atoms with van der Waals surface area (Å²) in [5.74, 6) is 1.10. The van der Waals surface area contributed by atoms with Gasteiger partial charge in [0.25, 0.3) is 5.56 Å². The van der Waals surface area contributed by atoms with Gasteiger partial charge in [0.2, 0.25) is 5.82 Å². The molecule has 0 fully saturated rings. The summed E-state index contributed by atoms with van der Waals surface area (Å²) >= 11 is 2.01. The normalized spacial score (nSPS) is 11.6. The number of aromatic nitrogens is 2. The average molecular weight is 537 g/mol. The lowest BCUT2D eigenvalue weighted by Gasteiger charge is -2.08. The van der Waals surface area contributed by atoms with Gasteiger partial charge in [-0.25, -0.2) is 4.98 Å². The SMILES string of the molecule is COc1cc(C=Nn2c(-c3cc4ccccc4o3)nc3ccccc3c2=O)cc(I)c1O. The van der Waals surface area contributed by atoms with Crippen molar-refractivity contribution in [3.63, 3.8) is 0 Å². The third-order valence-corrected chi connectivity index (χ3v) is 5.81. The fourth-order valence-electron chi connectivity index (χ4n) is 3.43. The minimum Gasteiger partial charge on any atom is -0.504 e. The Bertz CT molecular complexity index is 1540. The monoisotopic (exact) mass is 537 g/mol. The van der Waals surface area contributed by atoms with Crippen molar-refractivity contribution >= 4 is 50.7 Å². The van der Waals surface area contributed by atoms with Gasteiger partial charge in [-0.1, -0.05) is 30.3 Å². The molecule has 1 N–H and O–H groups in total. The van der Waals surface area contributed by atoms with Crippen LogP contribution in [-0.2, 0) is 0 Å². The number of phenolic OH excluding ortho intramolecular Hbond substituents is 1. The summed E-state index contributed by atoms with van der Waals surface area (Å²) in [6.45, 7) is 0. The Hall–Kier alpha value is -3.66. The number of benzene rings is 3. The molecule has 0 bridgehead atoms. The number of ether oxygens (including phenoxy) is 1. The van der Waals surface area contributed by atoms with Gasteiger partial charge in [0, 0.05) is 5.39 Å². The number of nitrogens with zero attached hydrogens (tertiary/aromatic N) is 3. The fourth-order valence-corrected chi connectivity index (χ4v) is 4.06. The summed E-state index contributed by atoms with van der Waals surface area (Å²) in [6.07, 6.45) is 1.52. The molecule has 0 unspecified atom stereocenters. The van der Waals surface area contributed by atoms with E-state index in [0.29, 0.717) is 43.0 Å². The Morgan fingerprint density at radius 1 is 1.12 bits per heavy atom. The molecule has 0 saturated carbocycles. The largest absolute Gasteiger partial charge is 0.504 e. The highest BCUT2D eigenvalue weighted by atomic mass is 127. The third kappa shape index (κ3) is 3.52. The van der Waals surface area contributed by atoms with Gasteiger partial charge < -0.3 is 14.3 Å². The second-order valence-corrected chi connectivity index (χ2v) is 8.18. The number of hydrogen-bond acceptors (Lipinski definition) is 6. The Balaban J connectivity index is 1.72. The fraction of sp³-hybridized carbons (Fsp3) is 0.0417. The topological polar surface area (TPSA) is 89.9 Å². The average Bonchev–Trinajstić information content (AvgIpc) is 3.24. The molecule has 3 aromatic carbocycles. The summed E-state index contributed by atoms with van der Waals surface area (Å²) in [7, 11) is 1.48. The van der Waals surface area contributed by atoms with Crippen molar-refractivity contribution in [2.24, 2.45) is 5.10 Å². The van der Waals surface area contributed by atoms with Crippen molar-refractivity contribution in [1.29, 1.82) is 0 Å². The first kappa shape index (κ1) is 20.3. The van der Waals surface area contributed by atoms with Gasteiger partial charge in [-0.05, 0) is 64.6 Å². The molecule has 0 amide bonds. The van der Waals surface area contributed by atoms with Gasteiger partial charge in [0.1, 0.15) is 5.58 Å². The van der Waals surface area contributed by atoms with Crippen LogP contribution in [-0.4, -0.2) is 28.1 Å². The van der Waals surface area contributed by atoms with Gasteiger partial charge in [0.15, 0.2) is 17.3 Å². The first-order valence-corrected chi connectivity index (χ1v) is 10.7. The molecule has 0 spiro atoms. The Morgan fingerprint density at radius 3 is 2.72 bits per heavy atom. The molecule has 5 aromatic rings. The van der Waals surface area contributed by atoms with E-state index in [9.17, 15) is 9.90 Å². The van der Waals surface area contributed by atoms with Crippen LogP contribution < -0.4 is 10.3 Å². The standard InChI is InChI=1S/C24H16IN3O4/c1-31-20-11-14(10-17(25)22(20)29)13-26-28-23(21-12-15-6-2-5-9-19(15)32-21)27-18-8-4-3-7-16(18)24(28)30/h2-13,29H,1H3. The van der Waals surface area contributed by atoms with E-state index in [0.717, 1.165) is 5.39 Å². The molecule has 0 aliphatic carbocycles. The molecule has 0 aliphatic rings. The van der Waals surface area contributed by atoms with Gasteiger partial charge in [-0.15, -0.1) is 0 Å². The zero-order valence-electron chi connectivity index (χ0n) is 16.8. The van der Waals surface area contributed by atoms with Crippen molar-refractivity contribution < 1.29 is 14.3 Å². The van der Waals surface area contributed by atoms with E-state index < -0.39 is 0 Å². The number of methoxy groups -OCH3 is 1. The molecule has 158 valence electrons. The number of para-hydroxylation sites is 2. The van der Waals surface area contributed by atoms with Crippen LogP contribution in [0.5, 0.6) is 11.5 Å². The smallest absolute Gasteiger partial charge is 0.282 e. The summed E-state index contributed by atoms with van der Waals surface area (Å²) in [5.41, 5.74) is 1.58. The predicted molar refractivity (Wildman–Crippen MR) is 132 cm³/mol. The van der Waals surface area contributed by atoms with Crippen molar-refractivity contribution in [2.45, 2.75) is 0 Å². The summed E-state index contributed by atoms with van der Waals surface area (Å²) in [4.78, 5) is 18.0. The van der Waals surface area contributed by atoms with Crippen LogP contribution in [0.25, 0.3) is 33.5 Å². The third-order valence-electron chi connectivity index (χ3n) is 4.99. The summed E-state index contributed by atoms with van der Waals surface area (Å²) < 4.78 is 13.0. The van der Waals surface area contributed by atoms with Crippen LogP contribution in [0, 0.1) is 3.57 Å². The maximum Gasteiger partial charge on any atom is 0.282 e. The summed E-state index contributed by atoms with van der Waals surface area (Å²) in [6, 6.07) is 19.9. The van der Waals surface area contributed by atoms with E-state index >= 15 is 0 Å². The molecular formula is C24H16IN3O4. The zero-order chi connectivity index (χ0) is 22.2. The van der Waals surface area contributed by atoms with E-state index in [4.69, 9.17) is 9.15 Å². The molecule has 7 nitrogen and oxygen atoms in total. The minimum absolute atomic E-state index is 0.0535. The number of halogens is 1. The minimum atomic E-state index is -0.317. The Kier molecular flexibility index (Phi) is 5.14. The van der Waals surface area contributed by atoms with Crippen LogP contribution >= 0.6 is 22.6 Å². The first-order valence-electron chi connectivity index (χ1n) is 9.67. The quantitative estimate of drug-likeness (QED) is 0.257. The van der Waals surface area contributed by atoms with Crippen LogP contribution in [0.2, 0.25) is 0 Å². The lowest BCUT2D eigenvalue weighted by atomic mass is 10.2. The highest BCUT2D eigenvalue weighted by molar-refractivity contribution is 14.1. The molecular weight excluding hydrogens is 521 g/mol. The van der Waals surface area contributed by atoms with Crippen molar-refractivity contribution in [3.8, 4) is 23.1 Å². The molecule has 32 heavy (non-hydrogen) atoms. The first-order chi connectivity index (χ1) is 15.5. The second kappa shape index (κ2) is 8.12.